The Balaban J connectivity index is 1.42. The molecule has 3 amide bonds. The Bertz CT molecular complexity index is 1130. The first kappa shape index (κ1) is 24.0. The third kappa shape index (κ3) is 4.85. The van der Waals surface area contributed by atoms with E-state index in [0.717, 1.165) is 21.9 Å². The van der Waals surface area contributed by atoms with Gasteiger partial charge in [0.25, 0.3) is 17.7 Å². The van der Waals surface area contributed by atoms with Gasteiger partial charge in [0.2, 0.25) is 0 Å². The number of anilines is 1. The zero-order chi connectivity index (χ0) is 24.2. The molecule has 4 rings (SSSR count). The molecule has 1 atom stereocenters. The number of carbonyl (C=O) groups excluding carboxylic acids is 4. The van der Waals surface area contributed by atoms with Crippen LogP contribution >= 0.6 is 11.8 Å². The SMILES string of the molecule is COCCCN1C(=O)c2ccc(C(=O)OCC(=O)N3CCC(C)Sc4ccccc43)cc2C1=O. The van der Waals surface area contributed by atoms with Crippen LogP contribution in [0.2, 0.25) is 0 Å². The molecule has 0 aliphatic carbocycles. The van der Waals surface area contributed by atoms with Crippen LogP contribution in [0.5, 0.6) is 0 Å². The van der Waals surface area contributed by atoms with E-state index in [2.05, 4.69) is 6.92 Å². The number of hydrogen-bond donors (Lipinski definition) is 0. The molecule has 9 heteroatoms. The van der Waals surface area contributed by atoms with Crippen LogP contribution in [0, 0.1) is 0 Å². The number of esters is 1. The highest BCUT2D eigenvalue weighted by atomic mass is 32.2. The Labute approximate surface area is 202 Å². The van der Waals surface area contributed by atoms with Crippen molar-refractivity contribution in [2.24, 2.45) is 0 Å². The number of ether oxygens (including phenoxy) is 2. The fraction of sp³-hybridized carbons (Fsp3) is 0.360. The van der Waals surface area contributed by atoms with Crippen molar-refractivity contribution in [3.05, 3.63) is 59.2 Å². The summed E-state index contributed by atoms with van der Waals surface area (Å²) in [6.45, 7) is 2.91. The number of amides is 3. The van der Waals surface area contributed by atoms with Crippen LogP contribution in [0.4, 0.5) is 5.69 Å². The van der Waals surface area contributed by atoms with Crippen LogP contribution in [0.15, 0.2) is 47.4 Å². The van der Waals surface area contributed by atoms with Crippen molar-refractivity contribution in [2.75, 3.05) is 38.3 Å². The maximum absolute atomic E-state index is 12.9. The Morgan fingerprint density at radius 2 is 1.85 bits per heavy atom. The fourth-order valence-corrected chi connectivity index (χ4v) is 5.14. The van der Waals surface area contributed by atoms with Crippen LogP contribution in [0.3, 0.4) is 0 Å². The molecule has 0 radical (unpaired) electrons. The number of carbonyl (C=O) groups is 4. The number of hydrogen-bond acceptors (Lipinski definition) is 7. The van der Waals surface area contributed by atoms with Crippen LogP contribution in [0.25, 0.3) is 0 Å². The molecule has 178 valence electrons. The predicted molar refractivity (Wildman–Crippen MR) is 127 cm³/mol. The Morgan fingerprint density at radius 3 is 2.65 bits per heavy atom. The smallest absolute Gasteiger partial charge is 0.338 e. The van der Waals surface area contributed by atoms with Gasteiger partial charge < -0.3 is 14.4 Å². The predicted octanol–water partition coefficient (Wildman–Crippen LogP) is 3.39. The molecule has 0 fully saturated rings. The van der Waals surface area contributed by atoms with Gasteiger partial charge in [0.1, 0.15) is 0 Å². The second-order valence-electron chi connectivity index (χ2n) is 8.18. The summed E-state index contributed by atoms with van der Waals surface area (Å²) < 4.78 is 10.3. The van der Waals surface area contributed by atoms with Gasteiger partial charge in [-0.3, -0.25) is 19.3 Å². The summed E-state index contributed by atoms with van der Waals surface area (Å²) in [5.74, 6) is -1.87. The zero-order valence-electron chi connectivity index (χ0n) is 19.1. The number of rotatable bonds is 7. The Morgan fingerprint density at radius 1 is 1.09 bits per heavy atom. The first-order chi connectivity index (χ1) is 16.4. The number of nitrogens with zero attached hydrogens (tertiary/aromatic N) is 2. The lowest BCUT2D eigenvalue weighted by atomic mass is 10.1. The highest BCUT2D eigenvalue weighted by Crippen LogP contribution is 2.37. The first-order valence-corrected chi connectivity index (χ1v) is 12.0. The maximum atomic E-state index is 12.9. The van der Waals surface area contributed by atoms with Gasteiger partial charge in [-0.15, -0.1) is 11.8 Å². The van der Waals surface area contributed by atoms with Gasteiger partial charge in [-0.2, -0.15) is 0 Å². The van der Waals surface area contributed by atoms with E-state index < -0.39 is 24.4 Å². The molecule has 2 aromatic carbocycles. The molecule has 2 heterocycles. The third-order valence-corrected chi connectivity index (χ3v) is 7.05. The van der Waals surface area contributed by atoms with Crippen molar-refractivity contribution >= 4 is 41.1 Å². The van der Waals surface area contributed by atoms with Crippen molar-refractivity contribution in [1.82, 2.24) is 4.90 Å². The van der Waals surface area contributed by atoms with E-state index in [4.69, 9.17) is 9.47 Å². The highest BCUT2D eigenvalue weighted by Gasteiger charge is 2.35. The topological polar surface area (TPSA) is 93.2 Å². The normalized spacial score (nSPS) is 17.3. The maximum Gasteiger partial charge on any atom is 0.338 e. The second-order valence-corrected chi connectivity index (χ2v) is 9.66. The number of imide groups is 1. The monoisotopic (exact) mass is 482 g/mol. The molecular weight excluding hydrogens is 456 g/mol. The lowest BCUT2D eigenvalue weighted by Crippen LogP contribution is -2.35. The molecule has 34 heavy (non-hydrogen) atoms. The van der Waals surface area contributed by atoms with E-state index >= 15 is 0 Å². The van der Waals surface area contributed by atoms with E-state index in [1.165, 1.54) is 18.2 Å². The third-order valence-electron chi connectivity index (χ3n) is 5.81. The average molecular weight is 483 g/mol. The van der Waals surface area contributed by atoms with Gasteiger partial charge in [0, 0.05) is 37.0 Å². The number of para-hydroxylation sites is 1. The lowest BCUT2D eigenvalue weighted by Gasteiger charge is -2.22. The highest BCUT2D eigenvalue weighted by molar-refractivity contribution is 8.00. The van der Waals surface area contributed by atoms with Gasteiger partial charge in [-0.05, 0) is 43.2 Å². The van der Waals surface area contributed by atoms with Gasteiger partial charge in [0.15, 0.2) is 6.61 Å². The molecular formula is C25H26N2O6S. The summed E-state index contributed by atoms with van der Waals surface area (Å²) in [6.07, 6.45) is 1.34. The largest absolute Gasteiger partial charge is 0.452 e. The summed E-state index contributed by atoms with van der Waals surface area (Å²) in [6, 6.07) is 11.9. The molecule has 0 N–H and O–H groups in total. The molecule has 0 aromatic heterocycles. The van der Waals surface area contributed by atoms with Crippen LogP contribution in [-0.4, -0.2) is 67.3 Å². The molecule has 0 spiro atoms. The molecule has 0 bridgehead atoms. The molecule has 2 aliphatic rings. The lowest BCUT2D eigenvalue weighted by molar-refractivity contribution is -0.121. The minimum Gasteiger partial charge on any atom is -0.452 e. The molecule has 0 saturated heterocycles. The zero-order valence-corrected chi connectivity index (χ0v) is 19.9. The fourth-order valence-electron chi connectivity index (χ4n) is 4.02. The summed E-state index contributed by atoms with van der Waals surface area (Å²) in [4.78, 5) is 54.6. The molecule has 2 aliphatic heterocycles. The molecule has 8 nitrogen and oxygen atoms in total. The number of fused-ring (bicyclic) bond motifs is 2. The minimum atomic E-state index is -0.722. The minimum absolute atomic E-state index is 0.117. The second kappa shape index (κ2) is 10.4. The van der Waals surface area contributed by atoms with Crippen LogP contribution < -0.4 is 4.90 Å². The molecule has 0 saturated carbocycles. The number of thioether (sulfide) groups is 1. The Hall–Kier alpha value is -3.17. The van der Waals surface area contributed by atoms with Gasteiger partial charge in [-0.25, -0.2) is 4.79 Å². The van der Waals surface area contributed by atoms with Crippen molar-refractivity contribution in [3.8, 4) is 0 Å². The van der Waals surface area contributed by atoms with Crippen molar-refractivity contribution in [2.45, 2.75) is 29.9 Å². The van der Waals surface area contributed by atoms with Gasteiger partial charge in [0.05, 0.1) is 22.4 Å². The molecule has 2 aromatic rings. The summed E-state index contributed by atoms with van der Waals surface area (Å²) in [5, 5.41) is 0.363. The van der Waals surface area contributed by atoms with Crippen molar-refractivity contribution < 1.29 is 28.7 Å². The van der Waals surface area contributed by atoms with Crippen molar-refractivity contribution in [3.63, 3.8) is 0 Å². The standard InChI is InChI=1S/C25H26N2O6S/c1-16-10-12-26(20-6-3-4-7-21(20)34-16)22(28)15-33-25(31)17-8-9-18-19(14-17)24(30)27(23(18)29)11-5-13-32-2/h3-4,6-9,14,16H,5,10-13,15H2,1-2H3. The number of methoxy groups -OCH3 is 1. The van der Waals surface area contributed by atoms with E-state index in [1.54, 1.807) is 23.8 Å². The van der Waals surface area contributed by atoms with Gasteiger partial charge in [-0.1, -0.05) is 19.1 Å². The van der Waals surface area contributed by atoms with Crippen molar-refractivity contribution in [1.29, 1.82) is 0 Å². The van der Waals surface area contributed by atoms with E-state index in [1.807, 2.05) is 24.3 Å². The Kier molecular flexibility index (Phi) is 7.33. The van der Waals surface area contributed by atoms with Gasteiger partial charge >= 0.3 is 5.97 Å². The van der Waals surface area contributed by atoms with Crippen LogP contribution in [-0.2, 0) is 14.3 Å². The molecule has 1 unspecified atom stereocenters. The quantitative estimate of drug-likeness (QED) is 0.339. The number of benzene rings is 2. The summed E-state index contributed by atoms with van der Waals surface area (Å²) in [5.41, 5.74) is 1.35. The van der Waals surface area contributed by atoms with E-state index in [-0.39, 0.29) is 29.1 Å². The summed E-state index contributed by atoms with van der Waals surface area (Å²) >= 11 is 1.72. The summed E-state index contributed by atoms with van der Waals surface area (Å²) in [7, 11) is 1.55. The first-order valence-electron chi connectivity index (χ1n) is 11.1. The van der Waals surface area contributed by atoms with E-state index in [9.17, 15) is 19.2 Å². The average Bonchev–Trinajstić information content (AvgIpc) is 2.96. The van der Waals surface area contributed by atoms with Crippen LogP contribution in [0.1, 0.15) is 50.8 Å². The van der Waals surface area contributed by atoms with E-state index in [0.29, 0.717) is 24.8 Å².